The Morgan fingerprint density at radius 2 is 1.91 bits per heavy atom. The van der Waals surface area contributed by atoms with Gasteiger partial charge in [0, 0.05) is 38.7 Å². The molecule has 9 heteroatoms. The van der Waals surface area contributed by atoms with Crippen LogP contribution in [0.25, 0.3) is 0 Å². The van der Waals surface area contributed by atoms with Crippen molar-refractivity contribution in [2.75, 3.05) is 37.6 Å². The predicted molar refractivity (Wildman–Crippen MR) is 127 cm³/mol. The van der Waals surface area contributed by atoms with Crippen LogP contribution in [0.3, 0.4) is 0 Å². The number of anilines is 1. The van der Waals surface area contributed by atoms with Crippen molar-refractivity contribution < 1.29 is 22.7 Å². The summed E-state index contributed by atoms with van der Waals surface area (Å²) in [6.45, 7) is 5.96. The molecule has 2 aromatic rings. The molecule has 0 radical (unpaired) electrons. The van der Waals surface area contributed by atoms with Gasteiger partial charge in [0.25, 0.3) is 15.9 Å². The van der Waals surface area contributed by atoms with E-state index < -0.39 is 10.0 Å². The van der Waals surface area contributed by atoms with Crippen molar-refractivity contribution in [2.45, 2.75) is 38.0 Å². The molecule has 1 aliphatic heterocycles. The molecule has 1 heterocycles. The summed E-state index contributed by atoms with van der Waals surface area (Å²) in [7, 11) is -2.39. The number of rotatable bonds is 10. The number of likely N-dealkylation sites (tertiary alicyclic amines) is 1. The molecule has 8 nitrogen and oxygen atoms in total. The molecule has 2 amide bonds. The van der Waals surface area contributed by atoms with Gasteiger partial charge in [-0.2, -0.15) is 0 Å². The van der Waals surface area contributed by atoms with Gasteiger partial charge in [-0.05, 0) is 68.7 Å². The van der Waals surface area contributed by atoms with Crippen molar-refractivity contribution >= 4 is 27.5 Å². The largest absolute Gasteiger partial charge is 0.494 e. The summed E-state index contributed by atoms with van der Waals surface area (Å²) < 4.78 is 33.0. The lowest BCUT2D eigenvalue weighted by Gasteiger charge is -2.20. The molecule has 0 saturated carbocycles. The molecule has 0 unspecified atom stereocenters. The fourth-order valence-electron chi connectivity index (χ4n) is 3.73. The van der Waals surface area contributed by atoms with E-state index in [0.717, 1.165) is 13.0 Å². The number of nitrogens with zero attached hydrogens (tertiary/aromatic N) is 2. The topological polar surface area (TPSA) is 96.0 Å². The zero-order chi connectivity index (χ0) is 24.0. The summed E-state index contributed by atoms with van der Waals surface area (Å²) in [6, 6.07) is 11.3. The molecular formula is C24H31N3O5S. The van der Waals surface area contributed by atoms with Gasteiger partial charge in [0.15, 0.2) is 0 Å². The maximum absolute atomic E-state index is 13.2. The molecule has 0 atom stereocenters. The summed E-state index contributed by atoms with van der Waals surface area (Å²) in [6.07, 6.45) is 2.13. The summed E-state index contributed by atoms with van der Waals surface area (Å²) >= 11 is 0. The summed E-state index contributed by atoms with van der Waals surface area (Å²) in [4.78, 5) is 26.3. The van der Waals surface area contributed by atoms with Gasteiger partial charge in [0.2, 0.25) is 5.91 Å². The molecule has 33 heavy (non-hydrogen) atoms. The molecule has 178 valence electrons. The summed E-state index contributed by atoms with van der Waals surface area (Å²) in [5.41, 5.74) is 1.49. The SMILES string of the molecule is CCOc1ccc(N(C)S(=O)(=O)c2ccc(C)c(C(=O)NCCCN3CCCC3=O)c2)cc1. The van der Waals surface area contributed by atoms with Gasteiger partial charge in [-0.25, -0.2) is 8.42 Å². The number of amides is 2. The van der Waals surface area contributed by atoms with Crippen LogP contribution in [-0.4, -0.2) is 58.4 Å². The third kappa shape index (κ3) is 5.84. The van der Waals surface area contributed by atoms with E-state index in [1.165, 1.54) is 23.5 Å². The Labute approximate surface area is 195 Å². The predicted octanol–water partition coefficient (Wildman–Crippen LogP) is 2.96. The normalized spacial score (nSPS) is 13.8. The molecule has 2 aromatic carbocycles. The van der Waals surface area contributed by atoms with Crippen LogP contribution in [-0.2, 0) is 14.8 Å². The first-order valence-electron chi connectivity index (χ1n) is 11.1. The van der Waals surface area contributed by atoms with E-state index in [1.54, 1.807) is 42.2 Å². The van der Waals surface area contributed by atoms with Crippen LogP contribution in [0.2, 0.25) is 0 Å². The second-order valence-electron chi connectivity index (χ2n) is 7.97. The Hall–Kier alpha value is -3.07. The maximum Gasteiger partial charge on any atom is 0.264 e. The number of carbonyl (C=O) groups is 2. The minimum Gasteiger partial charge on any atom is -0.494 e. The third-order valence-corrected chi connectivity index (χ3v) is 7.47. The number of ether oxygens (including phenoxy) is 1. The first-order valence-corrected chi connectivity index (χ1v) is 12.6. The van der Waals surface area contributed by atoms with E-state index in [1.807, 2.05) is 6.92 Å². The van der Waals surface area contributed by atoms with E-state index in [2.05, 4.69) is 5.32 Å². The summed E-state index contributed by atoms with van der Waals surface area (Å²) in [5, 5.41) is 2.84. The monoisotopic (exact) mass is 473 g/mol. The molecule has 1 saturated heterocycles. The Balaban J connectivity index is 1.68. The van der Waals surface area contributed by atoms with Crippen LogP contribution in [0.15, 0.2) is 47.4 Å². The van der Waals surface area contributed by atoms with Crippen molar-refractivity contribution in [2.24, 2.45) is 0 Å². The average molecular weight is 474 g/mol. The fourth-order valence-corrected chi connectivity index (χ4v) is 4.95. The van der Waals surface area contributed by atoms with Crippen molar-refractivity contribution in [3.05, 3.63) is 53.6 Å². The van der Waals surface area contributed by atoms with Gasteiger partial charge in [-0.1, -0.05) is 6.07 Å². The Kier molecular flexibility index (Phi) is 7.97. The molecule has 0 aliphatic carbocycles. The second kappa shape index (κ2) is 10.7. The lowest BCUT2D eigenvalue weighted by Crippen LogP contribution is -2.31. The van der Waals surface area contributed by atoms with Crippen LogP contribution in [0.4, 0.5) is 5.69 Å². The molecule has 0 aromatic heterocycles. The molecule has 1 fully saturated rings. The Morgan fingerprint density at radius 1 is 1.18 bits per heavy atom. The van der Waals surface area contributed by atoms with Crippen molar-refractivity contribution in [3.63, 3.8) is 0 Å². The number of benzene rings is 2. The molecule has 1 aliphatic rings. The van der Waals surface area contributed by atoms with Crippen molar-refractivity contribution in [1.82, 2.24) is 10.2 Å². The second-order valence-corrected chi connectivity index (χ2v) is 9.94. The van der Waals surface area contributed by atoms with Crippen LogP contribution in [0.1, 0.15) is 42.1 Å². The lowest BCUT2D eigenvalue weighted by atomic mass is 10.1. The van der Waals surface area contributed by atoms with E-state index in [4.69, 9.17) is 4.74 Å². The number of carbonyl (C=O) groups excluding carboxylic acids is 2. The van der Waals surface area contributed by atoms with Gasteiger partial charge in [-0.15, -0.1) is 0 Å². The van der Waals surface area contributed by atoms with Crippen LogP contribution < -0.4 is 14.4 Å². The summed E-state index contributed by atoms with van der Waals surface area (Å²) in [5.74, 6) is 0.489. The average Bonchev–Trinajstić information content (AvgIpc) is 3.21. The number of aryl methyl sites for hydroxylation is 1. The van der Waals surface area contributed by atoms with Crippen molar-refractivity contribution in [3.8, 4) is 5.75 Å². The fraction of sp³-hybridized carbons (Fsp3) is 0.417. The maximum atomic E-state index is 13.2. The smallest absolute Gasteiger partial charge is 0.264 e. The third-order valence-electron chi connectivity index (χ3n) is 5.69. The van der Waals surface area contributed by atoms with E-state index >= 15 is 0 Å². The number of hydrogen-bond donors (Lipinski definition) is 1. The van der Waals surface area contributed by atoms with Gasteiger partial charge < -0.3 is 15.0 Å². The highest BCUT2D eigenvalue weighted by Gasteiger charge is 2.24. The van der Waals surface area contributed by atoms with Gasteiger partial charge in [0.05, 0.1) is 17.2 Å². The van der Waals surface area contributed by atoms with Crippen LogP contribution in [0, 0.1) is 6.92 Å². The van der Waals surface area contributed by atoms with Crippen molar-refractivity contribution in [1.29, 1.82) is 0 Å². The van der Waals surface area contributed by atoms with E-state index in [9.17, 15) is 18.0 Å². The quantitative estimate of drug-likeness (QED) is 0.535. The Morgan fingerprint density at radius 3 is 2.55 bits per heavy atom. The molecule has 0 bridgehead atoms. The molecular weight excluding hydrogens is 442 g/mol. The van der Waals surface area contributed by atoms with Gasteiger partial charge >= 0.3 is 0 Å². The molecule has 0 spiro atoms. The van der Waals surface area contributed by atoms with Crippen LogP contribution >= 0.6 is 0 Å². The molecule has 1 N–H and O–H groups in total. The van der Waals surface area contributed by atoms with E-state index in [-0.39, 0.29) is 16.7 Å². The molecule has 3 rings (SSSR count). The zero-order valence-electron chi connectivity index (χ0n) is 19.3. The van der Waals surface area contributed by atoms with E-state index in [0.29, 0.717) is 55.1 Å². The highest BCUT2D eigenvalue weighted by molar-refractivity contribution is 7.92. The van der Waals surface area contributed by atoms with Gasteiger partial charge in [-0.3, -0.25) is 13.9 Å². The minimum atomic E-state index is -3.86. The van der Waals surface area contributed by atoms with Crippen LogP contribution in [0.5, 0.6) is 5.75 Å². The zero-order valence-corrected chi connectivity index (χ0v) is 20.2. The lowest BCUT2D eigenvalue weighted by molar-refractivity contribution is -0.127. The van der Waals surface area contributed by atoms with Gasteiger partial charge in [0.1, 0.15) is 5.75 Å². The number of hydrogen-bond acceptors (Lipinski definition) is 5. The first-order chi connectivity index (χ1) is 15.7. The Bertz CT molecular complexity index is 1100. The highest BCUT2D eigenvalue weighted by atomic mass is 32.2. The number of nitrogens with one attached hydrogen (secondary N) is 1. The highest BCUT2D eigenvalue weighted by Crippen LogP contribution is 2.25. The first kappa shape index (κ1) is 24.6. The number of sulfonamides is 1. The minimum absolute atomic E-state index is 0.0392. The standard InChI is InChI=1S/C24H31N3O5S/c1-4-32-20-11-9-19(10-12-20)26(3)33(30,31)21-13-8-18(2)22(17-21)24(29)25-14-6-16-27-15-5-7-23(27)28/h8-13,17H,4-7,14-16H2,1-3H3,(H,25,29).